The van der Waals surface area contributed by atoms with Gasteiger partial charge in [0.1, 0.15) is 10.8 Å². The molecule has 0 bridgehead atoms. The number of hydrogen-bond acceptors (Lipinski definition) is 5. The molecule has 34 heavy (non-hydrogen) atoms. The summed E-state index contributed by atoms with van der Waals surface area (Å²) in [7, 11) is 0. The van der Waals surface area contributed by atoms with Gasteiger partial charge in [-0.15, -0.1) is 22.7 Å². The second-order valence-electron chi connectivity index (χ2n) is 8.50. The molecule has 0 unspecified atom stereocenters. The van der Waals surface area contributed by atoms with Gasteiger partial charge in [0.15, 0.2) is 0 Å². The van der Waals surface area contributed by atoms with E-state index >= 15 is 0 Å². The highest BCUT2D eigenvalue weighted by Crippen LogP contribution is 2.42. The summed E-state index contributed by atoms with van der Waals surface area (Å²) in [5, 5.41) is 6.77. The van der Waals surface area contributed by atoms with E-state index in [0.29, 0.717) is 0 Å². The van der Waals surface area contributed by atoms with Gasteiger partial charge in [-0.3, -0.25) is 0 Å². The molecular weight excluding hydrogens is 454 g/mol. The maximum absolute atomic E-state index is 5.11. The van der Waals surface area contributed by atoms with E-state index in [1.807, 2.05) is 6.20 Å². The van der Waals surface area contributed by atoms with Crippen molar-refractivity contribution in [1.82, 2.24) is 9.97 Å². The van der Waals surface area contributed by atoms with Crippen LogP contribution in [-0.2, 0) is 6.42 Å². The minimum absolute atomic E-state index is 0.887. The second-order valence-corrected chi connectivity index (χ2v) is 10.4. The van der Waals surface area contributed by atoms with Crippen LogP contribution < -0.4 is 5.32 Å². The molecule has 5 aromatic rings. The first kappa shape index (κ1) is 22.5. The minimum Gasteiger partial charge on any atom is -0.370 e. The van der Waals surface area contributed by atoms with Crippen molar-refractivity contribution in [2.45, 2.75) is 26.7 Å². The molecule has 0 radical (unpaired) electrons. The first-order valence-electron chi connectivity index (χ1n) is 11.5. The first-order valence-corrected chi connectivity index (χ1v) is 13.2. The van der Waals surface area contributed by atoms with Gasteiger partial charge in [-0.2, -0.15) is 0 Å². The number of hydrogen-bond donors (Lipinski definition) is 1. The molecule has 0 saturated carbocycles. The number of thiazole rings is 1. The van der Waals surface area contributed by atoms with Crippen LogP contribution in [0.2, 0.25) is 0 Å². The lowest BCUT2D eigenvalue weighted by Crippen LogP contribution is -2.04. The molecule has 3 nitrogen and oxygen atoms in total. The summed E-state index contributed by atoms with van der Waals surface area (Å²) < 4.78 is 0. The molecule has 0 aliphatic heterocycles. The van der Waals surface area contributed by atoms with Gasteiger partial charge in [-0.1, -0.05) is 54.1 Å². The molecule has 0 aliphatic rings. The average molecular weight is 482 g/mol. The van der Waals surface area contributed by atoms with Crippen molar-refractivity contribution in [3.8, 4) is 31.6 Å². The van der Waals surface area contributed by atoms with Crippen LogP contribution in [0.4, 0.5) is 5.82 Å². The number of benzene rings is 2. The molecule has 3 heterocycles. The van der Waals surface area contributed by atoms with E-state index in [1.54, 1.807) is 22.7 Å². The van der Waals surface area contributed by atoms with Crippen molar-refractivity contribution in [1.29, 1.82) is 0 Å². The van der Waals surface area contributed by atoms with Gasteiger partial charge in [0.05, 0.1) is 15.4 Å². The van der Waals surface area contributed by atoms with Crippen molar-refractivity contribution in [2.75, 3.05) is 11.9 Å². The highest BCUT2D eigenvalue weighted by atomic mass is 32.1. The van der Waals surface area contributed by atoms with Crippen LogP contribution in [0.15, 0.2) is 84.4 Å². The number of thiophene rings is 1. The zero-order valence-corrected chi connectivity index (χ0v) is 21.0. The smallest absolute Gasteiger partial charge is 0.134 e. The molecule has 1 N–H and O–H groups in total. The normalized spacial score (nSPS) is 11.0. The molecule has 170 valence electrons. The molecule has 0 fully saturated rings. The zero-order valence-electron chi connectivity index (χ0n) is 19.4. The third-order valence-corrected chi connectivity index (χ3v) is 8.00. The summed E-state index contributed by atoms with van der Waals surface area (Å²) in [6.45, 7) is 5.15. The Kier molecular flexibility index (Phi) is 6.84. The maximum Gasteiger partial charge on any atom is 0.134 e. The molecule has 0 aliphatic carbocycles. The fourth-order valence-corrected chi connectivity index (χ4v) is 6.02. The molecular formula is C29H27N3S2. The zero-order chi connectivity index (χ0) is 23.3. The lowest BCUT2D eigenvalue weighted by Gasteiger charge is -2.08. The maximum atomic E-state index is 5.11. The predicted octanol–water partition coefficient (Wildman–Crippen LogP) is 8.26. The van der Waals surface area contributed by atoms with Crippen LogP contribution in [0, 0.1) is 13.8 Å². The molecule has 5 heteroatoms. The molecule has 3 aromatic heterocycles. The molecule has 5 rings (SSSR count). The van der Waals surface area contributed by atoms with E-state index in [4.69, 9.17) is 4.98 Å². The SMILES string of the molecule is Cc1cccc(-c2nc(-c3cc(C)cs3)sc2-c2ccnc(NCCCc3ccccc3)c2)c1. The number of rotatable bonds is 8. The number of anilines is 1. The van der Waals surface area contributed by atoms with E-state index < -0.39 is 0 Å². The summed E-state index contributed by atoms with van der Waals surface area (Å²) in [6.07, 6.45) is 4.01. The monoisotopic (exact) mass is 481 g/mol. The number of nitrogens with one attached hydrogen (secondary N) is 1. The highest BCUT2D eigenvalue weighted by Gasteiger charge is 2.17. The van der Waals surface area contributed by atoms with Crippen LogP contribution in [0.1, 0.15) is 23.1 Å². The lowest BCUT2D eigenvalue weighted by molar-refractivity contribution is 0.859. The Morgan fingerprint density at radius 1 is 0.853 bits per heavy atom. The second kappa shape index (κ2) is 10.3. The summed E-state index contributed by atoms with van der Waals surface area (Å²) in [4.78, 5) is 12.1. The van der Waals surface area contributed by atoms with Crippen LogP contribution in [-0.4, -0.2) is 16.5 Å². The van der Waals surface area contributed by atoms with Crippen LogP contribution >= 0.6 is 22.7 Å². The van der Waals surface area contributed by atoms with Crippen LogP contribution in [0.3, 0.4) is 0 Å². The summed E-state index contributed by atoms with van der Waals surface area (Å²) >= 11 is 3.51. The van der Waals surface area contributed by atoms with Crippen molar-refractivity contribution in [3.63, 3.8) is 0 Å². The van der Waals surface area contributed by atoms with Crippen molar-refractivity contribution in [2.24, 2.45) is 0 Å². The number of aryl methyl sites for hydroxylation is 3. The largest absolute Gasteiger partial charge is 0.370 e. The minimum atomic E-state index is 0.887. The van der Waals surface area contributed by atoms with E-state index in [2.05, 4.69) is 102 Å². The fraction of sp³-hybridized carbons (Fsp3) is 0.172. The van der Waals surface area contributed by atoms with Crippen molar-refractivity contribution < 1.29 is 0 Å². The molecule has 0 saturated heterocycles. The standard InChI is InChI=1S/C29H27N3S2/c1-20-8-6-12-23(16-20)27-28(34-29(32-27)25-17-21(2)19-33-25)24-13-15-31-26(18-24)30-14-7-11-22-9-4-3-5-10-22/h3-6,8-10,12-13,15-19H,7,11,14H2,1-2H3,(H,30,31). The van der Waals surface area contributed by atoms with E-state index in [0.717, 1.165) is 47.0 Å². The lowest BCUT2D eigenvalue weighted by atomic mass is 10.1. The third-order valence-electron chi connectivity index (χ3n) is 5.67. The first-order chi connectivity index (χ1) is 16.7. The average Bonchev–Trinajstić information content (AvgIpc) is 3.49. The van der Waals surface area contributed by atoms with Gasteiger partial charge in [-0.05, 0) is 73.0 Å². The molecule has 0 spiro atoms. The number of pyridine rings is 1. The van der Waals surface area contributed by atoms with Gasteiger partial charge < -0.3 is 5.32 Å². The van der Waals surface area contributed by atoms with Gasteiger partial charge in [0, 0.05) is 18.3 Å². The predicted molar refractivity (Wildman–Crippen MR) is 147 cm³/mol. The molecule has 2 aromatic carbocycles. The van der Waals surface area contributed by atoms with Crippen molar-refractivity contribution >= 4 is 28.5 Å². The fourth-order valence-electron chi connectivity index (χ4n) is 3.97. The third kappa shape index (κ3) is 5.27. The van der Waals surface area contributed by atoms with E-state index in [9.17, 15) is 0 Å². The topological polar surface area (TPSA) is 37.8 Å². The highest BCUT2D eigenvalue weighted by molar-refractivity contribution is 7.23. The van der Waals surface area contributed by atoms with Crippen LogP contribution in [0.25, 0.3) is 31.6 Å². The van der Waals surface area contributed by atoms with Crippen LogP contribution in [0.5, 0.6) is 0 Å². The number of nitrogens with zero attached hydrogens (tertiary/aromatic N) is 2. The Labute approximate surface area is 209 Å². The molecule has 0 atom stereocenters. The Balaban J connectivity index is 1.41. The van der Waals surface area contributed by atoms with Crippen molar-refractivity contribution in [3.05, 3.63) is 101 Å². The molecule has 0 amide bonds. The Bertz CT molecular complexity index is 1390. The van der Waals surface area contributed by atoms with Gasteiger partial charge in [0.2, 0.25) is 0 Å². The Morgan fingerprint density at radius 3 is 2.53 bits per heavy atom. The Hall–Kier alpha value is -3.28. The number of aromatic nitrogens is 2. The van der Waals surface area contributed by atoms with Gasteiger partial charge in [0.25, 0.3) is 0 Å². The quantitative estimate of drug-likeness (QED) is 0.227. The van der Waals surface area contributed by atoms with Gasteiger partial charge in [-0.25, -0.2) is 9.97 Å². The summed E-state index contributed by atoms with van der Waals surface area (Å²) in [5.74, 6) is 0.905. The Morgan fingerprint density at radius 2 is 1.74 bits per heavy atom. The summed E-state index contributed by atoms with van der Waals surface area (Å²) in [5.41, 5.74) is 7.22. The van der Waals surface area contributed by atoms with Gasteiger partial charge >= 0.3 is 0 Å². The van der Waals surface area contributed by atoms with E-state index in [1.165, 1.54) is 26.4 Å². The van der Waals surface area contributed by atoms with E-state index in [-0.39, 0.29) is 0 Å². The summed E-state index contributed by atoms with van der Waals surface area (Å²) in [6, 6.07) is 25.7.